The Morgan fingerprint density at radius 1 is 1.47 bits per heavy atom. The van der Waals surface area contributed by atoms with Crippen LogP contribution in [0, 0.1) is 0 Å². The summed E-state index contributed by atoms with van der Waals surface area (Å²) >= 11 is 0. The number of rotatable bonds is 2. The van der Waals surface area contributed by atoms with Gasteiger partial charge in [0.1, 0.15) is 11.8 Å². The fourth-order valence-corrected chi connectivity index (χ4v) is 1.83. The topological polar surface area (TPSA) is 87.8 Å². The lowest BCUT2D eigenvalue weighted by Gasteiger charge is -2.31. The first-order valence-corrected chi connectivity index (χ1v) is 5.18. The second-order valence-corrected chi connectivity index (χ2v) is 3.82. The van der Waals surface area contributed by atoms with Crippen LogP contribution in [0.3, 0.4) is 0 Å². The van der Waals surface area contributed by atoms with Crippen LogP contribution in [0.1, 0.15) is 23.4 Å². The molecular formula is C11H11NO5. The molecular weight excluding hydrogens is 226 g/mol. The molecule has 1 aliphatic rings. The Kier molecular flexibility index (Phi) is 2.95. The molecule has 0 bridgehead atoms. The van der Waals surface area contributed by atoms with Crippen molar-refractivity contribution in [1.29, 1.82) is 0 Å². The van der Waals surface area contributed by atoms with E-state index >= 15 is 0 Å². The molecule has 6 heteroatoms. The van der Waals surface area contributed by atoms with E-state index in [1.165, 1.54) is 17.2 Å². The van der Waals surface area contributed by atoms with Gasteiger partial charge in [-0.1, -0.05) is 0 Å². The number of aliphatic carboxylic acids is 1. The number of carboxylic acids is 1. The molecule has 0 aromatic carbocycles. The number of likely N-dealkylation sites (tertiary alicyclic amines) is 1. The molecule has 1 saturated heterocycles. The lowest BCUT2D eigenvalue weighted by molar-refractivity contribution is -0.146. The van der Waals surface area contributed by atoms with Gasteiger partial charge in [-0.15, -0.1) is 0 Å². The number of Topliss-reactive ketones (excluding diaryl/α,β-unsaturated/α-hetero) is 1. The van der Waals surface area contributed by atoms with Gasteiger partial charge in [0.05, 0.1) is 6.26 Å². The minimum absolute atomic E-state index is 0.0885. The molecule has 1 atom stereocenters. The monoisotopic (exact) mass is 237 g/mol. The van der Waals surface area contributed by atoms with E-state index in [0.29, 0.717) is 0 Å². The number of amides is 1. The van der Waals surface area contributed by atoms with Gasteiger partial charge in [0.15, 0.2) is 5.76 Å². The standard InChI is InChI=1S/C11H11NO5/c13-7-3-4-12(8(6-7)11(15)16)10(14)9-2-1-5-17-9/h1-2,5,8H,3-4,6H2,(H,15,16). The summed E-state index contributed by atoms with van der Waals surface area (Å²) < 4.78 is 4.93. The molecule has 90 valence electrons. The minimum Gasteiger partial charge on any atom is -0.480 e. The van der Waals surface area contributed by atoms with Gasteiger partial charge in [0.2, 0.25) is 0 Å². The summed E-state index contributed by atoms with van der Waals surface area (Å²) in [5.74, 6) is -1.71. The molecule has 1 unspecified atom stereocenters. The van der Waals surface area contributed by atoms with E-state index in [1.54, 1.807) is 6.07 Å². The molecule has 17 heavy (non-hydrogen) atoms. The third-order valence-electron chi connectivity index (χ3n) is 2.71. The first kappa shape index (κ1) is 11.4. The Morgan fingerprint density at radius 3 is 2.82 bits per heavy atom. The van der Waals surface area contributed by atoms with Gasteiger partial charge in [-0.05, 0) is 12.1 Å². The van der Waals surface area contributed by atoms with E-state index in [4.69, 9.17) is 9.52 Å². The largest absolute Gasteiger partial charge is 0.480 e. The van der Waals surface area contributed by atoms with Crippen molar-refractivity contribution in [3.63, 3.8) is 0 Å². The lowest BCUT2D eigenvalue weighted by Crippen LogP contribution is -2.50. The quantitative estimate of drug-likeness (QED) is 0.810. The number of hydrogen-bond donors (Lipinski definition) is 1. The number of ketones is 1. The van der Waals surface area contributed by atoms with Crippen molar-refractivity contribution in [2.45, 2.75) is 18.9 Å². The zero-order valence-corrected chi connectivity index (χ0v) is 8.96. The smallest absolute Gasteiger partial charge is 0.326 e. The lowest BCUT2D eigenvalue weighted by atomic mass is 10.0. The third kappa shape index (κ3) is 2.20. The number of nitrogens with zero attached hydrogens (tertiary/aromatic N) is 1. The summed E-state index contributed by atoms with van der Waals surface area (Å²) in [5, 5.41) is 9.00. The first-order valence-electron chi connectivity index (χ1n) is 5.18. The number of carboxylic acid groups (broad SMARTS) is 1. The van der Waals surface area contributed by atoms with Crippen molar-refractivity contribution < 1.29 is 23.9 Å². The molecule has 2 heterocycles. The summed E-state index contributed by atoms with van der Waals surface area (Å²) in [6.45, 7) is 0.120. The van der Waals surface area contributed by atoms with Crippen molar-refractivity contribution in [1.82, 2.24) is 4.90 Å². The average Bonchev–Trinajstić information content (AvgIpc) is 2.81. The normalized spacial score (nSPS) is 20.4. The van der Waals surface area contributed by atoms with E-state index in [9.17, 15) is 14.4 Å². The summed E-state index contributed by atoms with van der Waals surface area (Å²) in [5.41, 5.74) is 0. The van der Waals surface area contributed by atoms with Crippen LogP contribution < -0.4 is 0 Å². The van der Waals surface area contributed by atoms with Gasteiger partial charge in [-0.25, -0.2) is 4.79 Å². The highest BCUT2D eigenvalue weighted by Crippen LogP contribution is 2.18. The highest BCUT2D eigenvalue weighted by molar-refractivity contribution is 5.97. The van der Waals surface area contributed by atoms with Gasteiger partial charge < -0.3 is 14.4 Å². The molecule has 0 aliphatic carbocycles. The highest BCUT2D eigenvalue weighted by atomic mass is 16.4. The Bertz CT molecular complexity index is 450. The van der Waals surface area contributed by atoms with Gasteiger partial charge in [-0.3, -0.25) is 9.59 Å². The van der Waals surface area contributed by atoms with Gasteiger partial charge in [0.25, 0.3) is 5.91 Å². The molecule has 0 radical (unpaired) electrons. The third-order valence-corrected chi connectivity index (χ3v) is 2.71. The molecule has 1 aromatic heterocycles. The Hall–Kier alpha value is -2.11. The molecule has 6 nitrogen and oxygen atoms in total. The number of piperidine rings is 1. The maximum atomic E-state index is 11.9. The van der Waals surface area contributed by atoms with Crippen LogP contribution in [-0.4, -0.2) is 40.3 Å². The molecule has 1 fully saturated rings. The zero-order valence-electron chi connectivity index (χ0n) is 8.96. The van der Waals surface area contributed by atoms with Crippen LogP contribution in [0.4, 0.5) is 0 Å². The number of furan rings is 1. The first-order chi connectivity index (χ1) is 8.09. The molecule has 1 aliphatic heterocycles. The summed E-state index contributed by atoms with van der Waals surface area (Å²) in [6.07, 6.45) is 1.40. The molecule has 1 amide bonds. The summed E-state index contributed by atoms with van der Waals surface area (Å²) in [4.78, 5) is 35.3. The van der Waals surface area contributed by atoms with E-state index in [1.807, 2.05) is 0 Å². The Balaban J connectivity index is 2.21. The van der Waals surface area contributed by atoms with Crippen LogP contribution in [0.15, 0.2) is 22.8 Å². The van der Waals surface area contributed by atoms with Gasteiger partial charge in [0, 0.05) is 19.4 Å². The highest BCUT2D eigenvalue weighted by Gasteiger charge is 2.36. The van der Waals surface area contributed by atoms with Crippen LogP contribution in [-0.2, 0) is 9.59 Å². The van der Waals surface area contributed by atoms with Crippen LogP contribution in [0.2, 0.25) is 0 Å². The zero-order chi connectivity index (χ0) is 12.4. The van der Waals surface area contributed by atoms with E-state index in [-0.39, 0.29) is 30.9 Å². The fourth-order valence-electron chi connectivity index (χ4n) is 1.83. The van der Waals surface area contributed by atoms with E-state index in [0.717, 1.165) is 0 Å². The number of carbonyl (C=O) groups is 3. The van der Waals surface area contributed by atoms with Crippen molar-refractivity contribution in [2.24, 2.45) is 0 Å². The molecule has 0 spiro atoms. The number of hydrogen-bond acceptors (Lipinski definition) is 4. The minimum atomic E-state index is -1.17. The van der Waals surface area contributed by atoms with Gasteiger partial charge >= 0.3 is 5.97 Å². The predicted octanol–water partition coefficient (Wildman–Crippen LogP) is 0.538. The SMILES string of the molecule is O=C1CCN(C(=O)c2ccco2)C(C(=O)O)C1. The van der Waals surface area contributed by atoms with Crippen molar-refractivity contribution >= 4 is 17.7 Å². The average molecular weight is 237 g/mol. The fraction of sp³-hybridized carbons (Fsp3) is 0.364. The van der Waals surface area contributed by atoms with Crippen molar-refractivity contribution in [3.8, 4) is 0 Å². The second kappa shape index (κ2) is 4.40. The Morgan fingerprint density at radius 2 is 2.24 bits per heavy atom. The summed E-state index contributed by atoms with van der Waals surface area (Å²) in [7, 11) is 0. The van der Waals surface area contributed by atoms with E-state index in [2.05, 4.69) is 0 Å². The molecule has 0 saturated carbocycles. The van der Waals surface area contributed by atoms with Crippen LogP contribution >= 0.6 is 0 Å². The predicted molar refractivity (Wildman–Crippen MR) is 55.4 cm³/mol. The van der Waals surface area contributed by atoms with Crippen molar-refractivity contribution in [2.75, 3.05) is 6.54 Å². The Labute approximate surface area is 96.8 Å². The van der Waals surface area contributed by atoms with Crippen LogP contribution in [0.25, 0.3) is 0 Å². The molecule has 2 rings (SSSR count). The van der Waals surface area contributed by atoms with Gasteiger partial charge in [-0.2, -0.15) is 0 Å². The van der Waals surface area contributed by atoms with Crippen molar-refractivity contribution in [3.05, 3.63) is 24.2 Å². The molecule has 1 N–H and O–H groups in total. The van der Waals surface area contributed by atoms with Crippen LogP contribution in [0.5, 0.6) is 0 Å². The maximum Gasteiger partial charge on any atom is 0.326 e. The van der Waals surface area contributed by atoms with E-state index < -0.39 is 17.9 Å². The molecule has 1 aromatic rings. The number of carbonyl (C=O) groups excluding carboxylic acids is 2. The second-order valence-electron chi connectivity index (χ2n) is 3.82. The maximum absolute atomic E-state index is 11.9. The summed E-state index contributed by atoms with van der Waals surface area (Å²) in [6, 6.07) is 1.93.